The van der Waals surface area contributed by atoms with Gasteiger partial charge in [-0.05, 0) is 24.6 Å². The predicted octanol–water partition coefficient (Wildman–Crippen LogP) is 1.32. The first-order chi connectivity index (χ1) is 20.8. The molecule has 1 saturated heterocycles. The summed E-state index contributed by atoms with van der Waals surface area (Å²) >= 11 is 0. The molecule has 4 aliphatic rings. The van der Waals surface area contributed by atoms with E-state index in [2.05, 4.69) is 25.1 Å². The van der Waals surface area contributed by atoms with Gasteiger partial charge in [-0.1, -0.05) is 13.3 Å². The van der Waals surface area contributed by atoms with E-state index in [0.717, 1.165) is 30.7 Å². The highest BCUT2D eigenvalue weighted by molar-refractivity contribution is 6.09. The topological polar surface area (TPSA) is 171 Å². The Kier molecular flexibility index (Phi) is 7.46. The van der Waals surface area contributed by atoms with Gasteiger partial charge < -0.3 is 33.9 Å². The largest absolute Gasteiger partial charge is 0.486 e. The zero-order valence-electron chi connectivity index (χ0n) is 22.9. The van der Waals surface area contributed by atoms with E-state index < -0.39 is 36.0 Å². The second-order valence-corrected chi connectivity index (χ2v) is 9.72. The van der Waals surface area contributed by atoms with Crippen molar-refractivity contribution in [1.29, 1.82) is 0 Å². The monoisotopic (exact) mass is 590 g/mol. The highest BCUT2D eigenvalue weighted by atomic mass is 16.9. The molecular formula is C28H26N6O9. The number of rotatable bonds is 5. The van der Waals surface area contributed by atoms with E-state index in [9.17, 15) is 19.2 Å². The van der Waals surface area contributed by atoms with Crippen LogP contribution in [0.15, 0.2) is 59.9 Å². The molecule has 1 aromatic carbocycles. The van der Waals surface area contributed by atoms with Crippen LogP contribution in [0.4, 0.5) is 11.6 Å². The first-order valence-electron chi connectivity index (χ1n) is 13.6. The van der Waals surface area contributed by atoms with Gasteiger partial charge in [-0.2, -0.15) is 0 Å². The number of hydrogen-bond acceptors (Lipinski definition) is 14. The van der Waals surface area contributed by atoms with Crippen molar-refractivity contribution in [1.82, 2.24) is 14.9 Å². The fourth-order valence-electron chi connectivity index (χ4n) is 4.88. The molecule has 1 spiro atoms. The molecule has 0 saturated carbocycles. The lowest BCUT2D eigenvalue weighted by Crippen LogP contribution is -2.57. The number of ether oxygens (including phenoxy) is 5. The number of piperazine rings is 1. The van der Waals surface area contributed by atoms with Crippen molar-refractivity contribution < 1.29 is 42.9 Å². The molecule has 6 rings (SSSR count). The highest BCUT2D eigenvalue weighted by Crippen LogP contribution is 2.47. The number of nitrogens with zero attached hydrogens (tertiary/aromatic N) is 5. The molecule has 0 radical (unpaired) electrons. The van der Waals surface area contributed by atoms with Crippen LogP contribution in [-0.4, -0.2) is 82.9 Å². The molecule has 5 heterocycles. The van der Waals surface area contributed by atoms with Gasteiger partial charge in [0.25, 0.3) is 0 Å². The Morgan fingerprint density at radius 2 is 1.49 bits per heavy atom. The maximum absolute atomic E-state index is 12.6. The van der Waals surface area contributed by atoms with Crippen molar-refractivity contribution in [2.45, 2.75) is 31.9 Å². The minimum Gasteiger partial charge on any atom is -0.419 e. The normalized spacial score (nSPS) is 21.9. The molecule has 222 valence electrons. The maximum Gasteiger partial charge on any atom is 0.486 e. The summed E-state index contributed by atoms with van der Waals surface area (Å²) in [6.45, 7) is 4.45. The molecule has 0 aliphatic carbocycles. The van der Waals surface area contributed by atoms with Crippen LogP contribution < -0.4 is 24.4 Å². The maximum atomic E-state index is 12.6. The van der Waals surface area contributed by atoms with Gasteiger partial charge >= 0.3 is 29.9 Å². The summed E-state index contributed by atoms with van der Waals surface area (Å²) in [4.78, 5) is 67.3. The number of benzene rings is 1. The third-order valence-electron chi connectivity index (χ3n) is 6.85. The molecule has 2 aromatic rings. The van der Waals surface area contributed by atoms with Crippen LogP contribution >= 0.6 is 0 Å². The van der Waals surface area contributed by atoms with Gasteiger partial charge in [-0.25, -0.2) is 34.1 Å². The van der Waals surface area contributed by atoms with E-state index in [4.69, 9.17) is 28.7 Å². The molecule has 1 aromatic heterocycles. The van der Waals surface area contributed by atoms with Crippen LogP contribution in [0.1, 0.15) is 19.8 Å². The van der Waals surface area contributed by atoms with E-state index in [1.807, 2.05) is 6.92 Å². The molecule has 1 atom stereocenters. The number of esters is 4. The lowest BCUT2D eigenvalue weighted by Gasteiger charge is -2.40. The number of aliphatic imine (C=N–C) groups is 1. The standard InChI is InChI=1S/C28H26N6O9/c1-2-4-19(33-13-15-34(16-14-33)27-29-11-3-12-30-27)31-26-28(42-22(37)9-10-23(38)43-28)41-17-5-6-18-25(24(17)32-26)40-21(36)8-7-20(35)39-18/h3,5-12,19H,2,4,13-16H2,1H3,(H,31,32)/b8-7+. The molecule has 0 bridgehead atoms. The summed E-state index contributed by atoms with van der Waals surface area (Å²) in [5.41, 5.74) is 0.0453. The van der Waals surface area contributed by atoms with Gasteiger partial charge in [0.15, 0.2) is 11.5 Å². The molecule has 0 amide bonds. The quantitative estimate of drug-likeness (QED) is 0.390. The Morgan fingerprint density at radius 1 is 0.860 bits per heavy atom. The Hall–Kier alpha value is -5.31. The van der Waals surface area contributed by atoms with Crippen LogP contribution in [0.3, 0.4) is 0 Å². The van der Waals surface area contributed by atoms with Crippen LogP contribution in [-0.2, 0) is 28.7 Å². The van der Waals surface area contributed by atoms with Gasteiger partial charge in [-0.3, -0.25) is 4.90 Å². The van der Waals surface area contributed by atoms with Crippen LogP contribution in [0, 0.1) is 0 Å². The molecular weight excluding hydrogens is 564 g/mol. The summed E-state index contributed by atoms with van der Waals surface area (Å²) < 4.78 is 27.8. The van der Waals surface area contributed by atoms with Crippen molar-refractivity contribution in [2.75, 3.05) is 36.4 Å². The molecule has 1 fully saturated rings. The van der Waals surface area contributed by atoms with Gasteiger partial charge in [-0.15, -0.1) is 0 Å². The zero-order valence-corrected chi connectivity index (χ0v) is 22.9. The fourth-order valence-corrected chi connectivity index (χ4v) is 4.88. The third kappa shape index (κ3) is 5.74. The molecule has 4 aliphatic heterocycles. The first kappa shape index (κ1) is 27.8. The zero-order chi connectivity index (χ0) is 30.0. The summed E-state index contributed by atoms with van der Waals surface area (Å²) in [7, 11) is 0. The lowest BCUT2D eigenvalue weighted by atomic mass is 10.2. The number of hydrogen-bond donors (Lipinski definition) is 1. The fraction of sp³-hybridized carbons (Fsp3) is 0.321. The average molecular weight is 591 g/mol. The number of anilines is 2. The van der Waals surface area contributed by atoms with Crippen LogP contribution in [0.2, 0.25) is 0 Å². The predicted molar refractivity (Wildman–Crippen MR) is 147 cm³/mol. The van der Waals surface area contributed by atoms with Gasteiger partial charge in [0, 0.05) is 62.9 Å². The van der Waals surface area contributed by atoms with E-state index in [1.54, 1.807) is 18.5 Å². The lowest BCUT2D eigenvalue weighted by molar-refractivity contribution is -0.264. The van der Waals surface area contributed by atoms with E-state index >= 15 is 0 Å². The average Bonchev–Trinajstić information content (AvgIpc) is 3.14. The number of nitrogens with one attached hydrogen (secondary N) is 1. The summed E-state index contributed by atoms with van der Waals surface area (Å²) in [5, 5.41) is 2.99. The van der Waals surface area contributed by atoms with E-state index in [0.29, 0.717) is 38.5 Å². The number of fused-ring (bicyclic) bond motifs is 3. The van der Waals surface area contributed by atoms with Gasteiger partial charge in [0.1, 0.15) is 11.9 Å². The van der Waals surface area contributed by atoms with Crippen molar-refractivity contribution in [2.24, 2.45) is 4.99 Å². The van der Waals surface area contributed by atoms with Crippen LogP contribution in [0.5, 0.6) is 17.2 Å². The van der Waals surface area contributed by atoms with E-state index in [-0.39, 0.29) is 28.8 Å². The highest BCUT2D eigenvalue weighted by Gasteiger charge is 2.54. The Bertz CT molecular complexity index is 1530. The summed E-state index contributed by atoms with van der Waals surface area (Å²) in [5.74, 6) is -5.72. The number of carbonyl (C=O) groups excluding carboxylic acids is 4. The van der Waals surface area contributed by atoms with E-state index in [1.165, 1.54) is 12.1 Å². The SMILES string of the molecule is CCCC(/N=C1\Nc2c(ccc3c2OC(=O)/C=C/C(=O)O3)OC12OC(=O)C=CC(=O)O2)N1CCN(c2ncccn2)CC1. The third-order valence-corrected chi connectivity index (χ3v) is 6.85. The van der Waals surface area contributed by atoms with Crippen molar-refractivity contribution in [3.63, 3.8) is 0 Å². The minimum absolute atomic E-state index is 0.0304. The number of amidine groups is 1. The first-order valence-corrected chi connectivity index (χ1v) is 13.6. The number of carbonyl (C=O) groups is 4. The van der Waals surface area contributed by atoms with Gasteiger partial charge in [0.05, 0.1) is 0 Å². The number of aromatic nitrogens is 2. The second-order valence-electron chi connectivity index (χ2n) is 9.72. The minimum atomic E-state index is -2.42. The smallest absolute Gasteiger partial charge is 0.419 e. The summed E-state index contributed by atoms with van der Waals surface area (Å²) in [6.07, 6.45) is 7.91. The Labute approximate surface area is 244 Å². The summed E-state index contributed by atoms with van der Waals surface area (Å²) in [6, 6.07) is 4.45. The molecule has 15 heteroatoms. The molecule has 1 N–H and O–H groups in total. The second kappa shape index (κ2) is 11.5. The van der Waals surface area contributed by atoms with Crippen molar-refractivity contribution in [3.8, 4) is 17.2 Å². The Balaban J connectivity index is 1.38. The Morgan fingerprint density at radius 3 is 2.16 bits per heavy atom. The molecule has 15 nitrogen and oxygen atoms in total. The van der Waals surface area contributed by atoms with Crippen LogP contribution in [0.25, 0.3) is 0 Å². The van der Waals surface area contributed by atoms with Crippen molar-refractivity contribution >= 4 is 41.3 Å². The molecule has 1 unspecified atom stereocenters. The van der Waals surface area contributed by atoms with Crippen molar-refractivity contribution in [3.05, 3.63) is 54.9 Å². The molecule has 43 heavy (non-hydrogen) atoms. The van der Waals surface area contributed by atoms with Gasteiger partial charge in [0.2, 0.25) is 17.5 Å².